The summed E-state index contributed by atoms with van der Waals surface area (Å²) in [7, 11) is 0. The summed E-state index contributed by atoms with van der Waals surface area (Å²) in [6.45, 7) is 1.80. The van der Waals surface area contributed by atoms with E-state index in [0.717, 1.165) is 5.69 Å². The summed E-state index contributed by atoms with van der Waals surface area (Å²) in [6, 6.07) is 8.86. The zero-order valence-corrected chi connectivity index (χ0v) is 9.66. The predicted molar refractivity (Wildman–Crippen MR) is 65.5 cm³/mol. The molecule has 0 aliphatic heterocycles. The molecule has 1 aromatic heterocycles. The van der Waals surface area contributed by atoms with Crippen molar-refractivity contribution in [2.75, 3.05) is 0 Å². The van der Waals surface area contributed by atoms with Gasteiger partial charge >= 0.3 is 0 Å². The number of aryl methyl sites for hydroxylation is 1. The number of rotatable bonds is 3. The SMILES string of the molecule is Cc1cc(C(=O)c2ccc([N+](=O)[O-])cc2)ccn1. The van der Waals surface area contributed by atoms with Gasteiger partial charge in [-0.3, -0.25) is 19.9 Å². The van der Waals surface area contributed by atoms with Crippen LogP contribution in [0.15, 0.2) is 42.6 Å². The van der Waals surface area contributed by atoms with E-state index >= 15 is 0 Å². The maximum atomic E-state index is 12.1. The molecule has 2 rings (SSSR count). The van der Waals surface area contributed by atoms with E-state index in [2.05, 4.69) is 4.98 Å². The topological polar surface area (TPSA) is 73.1 Å². The van der Waals surface area contributed by atoms with Crippen LogP contribution in [0.1, 0.15) is 21.6 Å². The number of nitrogens with zero attached hydrogens (tertiary/aromatic N) is 2. The maximum absolute atomic E-state index is 12.1. The summed E-state index contributed by atoms with van der Waals surface area (Å²) < 4.78 is 0. The standard InChI is InChI=1S/C13H10N2O3/c1-9-8-11(6-7-14-9)13(16)10-2-4-12(5-3-10)15(17)18/h2-8H,1H3. The van der Waals surface area contributed by atoms with Gasteiger partial charge in [0.15, 0.2) is 5.78 Å². The Morgan fingerprint density at radius 1 is 1.17 bits per heavy atom. The number of pyridine rings is 1. The number of hydrogen-bond donors (Lipinski definition) is 0. The molecule has 5 nitrogen and oxygen atoms in total. The van der Waals surface area contributed by atoms with Gasteiger partial charge in [0.2, 0.25) is 0 Å². The number of benzene rings is 1. The molecule has 1 heterocycles. The van der Waals surface area contributed by atoms with Gasteiger partial charge < -0.3 is 0 Å². The summed E-state index contributed by atoms with van der Waals surface area (Å²) >= 11 is 0. The lowest BCUT2D eigenvalue weighted by molar-refractivity contribution is -0.384. The minimum absolute atomic E-state index is 0.0301. The van der Waals surface area contributed by atoms with Crippen LogP contribution in [0.3, 0.4) is 0 Å². The fraction of sp³-hybridized carbons (Fsp3) is 0.0769. The van der Waals surface area contributed by atoms with Crippen molar-refractivity contribution in [3.05, 3.63) is 69.5 Å². The van der Waals surface area contributed by atoms with Crippen molar-refractivity contribution in [2.45, 2.75) is 6.92 Å². The molecule has 0 atom stereocenters. The maximum Gasteiger partial charge on any atom is 0.269 e. The average Bonchev–Trinajstić information content (AvgIpc) is 2.38. The van der Waals surface area contributed by atoms with Crippen LogP contribution in [0.4, 0.5) is 5.69 Å². The van der Waals surface area contributed by atoms with Crippen molar-refractivity contribution in [3.63, 3.8) is 0 Å². The van der Waals surface area contributed by atoms with Crippen molar-refractivity contribution in [2.24, 2.45) is 0 Å². The monoisotopic (exact) mass is 242 g/mol. The van der Waals surface area contributed by atoms with Crippen molar-refractivity contribution in [3.8, 4) is 0 Å². The van der Waals surface area contributed by atoms with Gasteiger partial charge in [-0.25, -0.2) is 0 Å². The number of hydrogen-bond acceptors (Lipinski definition) is 4. The highest BCUT2D eigenvalue weighted by molar-refractivity contribution is 6.09. The third-order valence-electron chi connectivity index (χ3n) is 2.50. The van der Waals surface area contributed by atoms with Gasteiger partial charge in [-0.2, -0.15) is 0 Å². The first kappa shape index (κ1) is 11.9. The van der Waals surface area contributed by atoms with E-state index in [-0.39, 0.29) is 11.5 Å². The highest BCUT2D eigenvalue weighted by Gasteiger charge is 2.11. The smallest absolute Gasteiger partial charge is 0.269 e. The second-order valence-electron chi connectivity index (χ2n) is 3.82. The van der Waals surface area contributed by atoms with Crippen LogP contribution in [0, 0.1) is 17.0 Å². The summed E-state index contributed by atoms with van der Waals surface area (Å²) in [4.78, 5) is 26.1. The van der Waals surface area contributed by atoms with Crippen molar-refractivity contribution < 1.29 is 9.72 Å². The molecule has 0 bridgehead atoms. The van der Waals surface area contributed by atoms with E-state index in [1.54, 1.807) is 25.3 Å². The molecule has 2 aromatic rings. The molecule has 0 unspecified atom stereocenters. The van der Waals surface area contributed by atoms with Gasteiger partial charge in [0.25, 0.3) is 5.69 Å². The lowest BCUT2D eigenvalue weighted by Gasteiger charge is -2.01. The number of carbonyl (C=O) groups excluding carboxylic acids is 1. The number of nitro benzene ring substituents is 1. The largest absolute Gasteiger partial charge is 0.289 e. The number of non-ortho nitro benzene ring substituents is 1. The lowest BCUT2D eigenvalue weighted by Crippen LogP contribution is -2.02. The molecule has 0 saturated heterocycles. The van der Waals surface area contributed by atoms with E-state index in [1.807, 2.05) is 0 Å². The fourth-order valence-corrected chi connectivity index (χ4v) is 1.59. The molecule has 0 amide bonds. The Hall–Kier alpha value is -2.56. The van der Waals surface area contributed by atoms with Crippen LogP contribution in [0.25, 0.3) is 0 Å². The molecule has 0 spiro atoms. The van der Waals surface area contributed by atoms with Gasteiger partial charge in [0.1, 0.15) is 0 Å². The normalized spacial score (nSPS) is 10.1. The molecule has 1 aromatic carbocycles. The number of ketones is 1. The van der Waals surface area contributed by atoms with Crippen molar-refractivity contribution in [1.29, 1.82) is 0 Å². The van der Waals surface area contributed by atoms with Gasteiger partial charge in [-0.15, -0.1) is 0 Å². The summed E-state index contributed by atoms with van der Waals surface area (Å²) in [5.74, 6) is -0.171. The Morgan fingerprint density at radius 3 is 2.39 bits per heavy atom. The quantitative estimate of drug-likeness (QED) is 0.471. The lowest BCUT2D eigenvalue weighted by atomic mass is 10.0. The van der Waals surface area contributed by atoms with E-state index < -0.39 is 4.92 Å². The Bertz CT molecular complexity index is 606. The second kappa shape index (κ2) is 4.75. The van der Waals surface area contributed by atoms with Gasteiger partial charge in [-0.1, -0.05) is 0 Å². The molecular formula is C13H10N2O3. The third-order valence-corrected chi connectivity index (χ3v) is 2.50. The van der Waals surface area contributed by atoms with Crippen LogP contribution in [0.5, 0.6) is 0 Å². The highest BCUT2D eigenvalue weighted by Crippen LogP contribution is 2.15. The van der Waals surface area contributed by atoms with Crippen molar-refractivity contribution >= 4 is 11.5 Å². The Kier molecular flexibility index (Phi) is 3.14. The highest BCUT2D eigenvalue weighted by atomic mass is 16.6. The minimum Gasteiger partial charge on any atom is -0.289 e. The molecule has 5 heteroatoms. The minimum atomic E-state index is -0.495. The fourth-order valence-electron chi connectivity index (χ4n) is 1.59. The molecular weight excluding hydrogens is 232 g/mol. The van der Waals surface area contributed by atoms with Crippen LogP contribution in [-0.4, -0.2) is 15.7 Å². The van der Waals surface area contributed by atoms with Crippen LogP contribution in [-0.2, 0) is 0 Å². The second-order valence-corrected chi connectivity index (χ2v) is 3.82. The molecule has 0 radical (unpaired) electrons. The Labute approximate surface area is 103 Å². The number of aromatic nitrogens is 1. The zero-order valence-electron chi connectivity index (χ0n) is 9.66. The van der Waals surface area contributed by atoms with Crippen LogP contribution < -0.4 is 0 Å². The van der Waals surface area contributed by atoms with E-state index in [0.29, 0.717) is 11.1 Å². The molecule has 90 valence electrons. The third kappa shape index (κ3) is 2.40. The Morgan fingerprint density at radius 2 is 1.83 bits per heavy atom. The first-order valence-corrected chi connectivity index (χ1v) is 5.30. The number of nitro groups is 1. The molecule has 18 heavy (non-hydrogen) atoms. The van der Waals surface area contributed by atoms with E-state index in [1.165, 1.54) is 24.3 Å². The summed E-state index contributed by atoms with van der Waals surface area (Å²) in [6.07, 6.45) is 1.56. The van der Waals surface area contributed by atoms with Gasteiger partial charge in [0, 0.05) is 35.2 Å². The van der Waals surface area contributed by atoms with Gasteiger partial charge in [0.05, 0.1) is 4.92 Å². The van der Waals surface area contributed by atoms with E-state index in [4.69, 9.17) is 0 Å². The first-order valence-electron chi connectivity index (χ1n) is 5.30. The van der Waals surface area contributed by atoms with E-state index in [9.17, 15) is 14.9 Å². The molecule has 0 aliphatic carbocycles. The van der Waals surface area contributed by atoms with Crippen LogP contribution >= 0.6 is 0 Å². The zero-order chi connectivity index (χ0) is 13.1. The molecule has 0 saturated carbocycles. The molecule has 0 fully saturated rings. The van der Waals surface area contributed by atoms with Gasteiger partial charge in [-0.05, 0) is 31.2 Å². The predicted octanol–water partition coefficient (Wildman–Crippen LogP) is 2.53. The molecule has 0 aliphatic rings. The molecule has 0 N–H and O–H groups in total. The summed E-state index contributed by atoms with van der Waals surface area (Å²) in [5, 5.41) is 10.5. The number of carbonyl (C=O) groups is 1. The van der Waals surface area contributed by atoms with Crippen LogP contribution in [0.2, 0.25) is 0 Å². The first-order chi connectivity index (χ1) is 8.58. The Balaban J connectivity index is 2.32. The average molecular weight is 242 g/mol. The van der Waals surface area contributed by atoms with Crippen molar-refractivity contribution in [1.82, 2.24) is 4.98 Å². The summed E-state index contributed by atoms with van der Waals surface area (Å²) in [5.41, 5.74) is 1.67.